The number of carboxylic acids is 1. The molecular weight excluding hydrogens is 522 g/mol. The predicted molar refractivity (Wildman–Crippen MR) is 116 cm³/mol. The molecule has 0 spiro atoms. The Bertz CT molecular complexity index is 1030. The van der Waals surface area contributed by atoms with Crippen LogP contribution in [0, 0.1) is 22.7 Å². The second-order valence-electron chi connectivity index (χ2n) is 10.5. The molecule has 0 aromatic carbocycles. The van der Waals surface area contributed by atoms with Crippen LogP contribution in [0.5, 0.6) is 0 Å². The zero-order valence-electron chi connectivity index (χ0n) is 18.5. The van der Waals surface area contributed by atoms with Gasteiger partial charge in [-0.2, -0.15) is 0 Å². The van der Waals surface area contributed by atoms with Crippen LogP contribution in [0.15, 0.2) is 22.2 Å². The monoisotopic (exact) mass is 548 g/mol. The number of Topliss-reactive ketones (excluding diaryl/α,β-unsaturated/α-hetero) is 1. The van der Waals surface area contributed by atoms with Gasteiger partial charge in [-0.3, -0.25) is 14.4 Å². The number of carbonyl (C=O) groups excluding carboxylic acids is 2. The molecule has 4 aliphatic carbocycles. The molecule has 4 aliphatic rings. The second kappa shape index (κ2) is 7.73. The van der Waals surface area contributed by atoms with Crippen molar-refractivity contribution in [3.63, 3.8) is 0 Å². The molecule has 11 heteroatoms. The van der Waals surface area contributed by atoms with Crippen molar-refractivity contribution >= 4 is 33.5 Å². The molecule has 0 heterocycles. The highest BCUT2D eigenvalue weighted by atomic mass is 79.9. The van der Waals surface area contributed by atoms with Crippen molar-refractivity contribution < 1.29 is 48.7 Å². The highest BCUT2D eigenvalue weighted by molar-refractivity contribution is 9.12. The second-order valence-corrected chi connectivity index (χ2v) is 11.3. The van der Waals surface area contributed by atoms with E-state index in [2.05, 4.69) is 15.9 Å². The Labute approximate surface area is 202 Å². The van der Waals surface area contributed by atoms with Gasteiger partial charge >= 0.3 is 5.97 Å². The number of ketones is 2. The lowest BCUT2D eigenvalue weighted by atomic mass is 9.44. The van der Waals surface area contributed by atoms with E-state index in [1.54, 1.807) is 0 Å². The topological polar surface area (TPSA) is 152 Å². The Kier molecular flexibility index (Phi) is 5.81. The first-order valence-corrected chi connectivity index (χ1v) is 11.9. The summed E-state index contributed by atoms with van der Waals surface area (Å²) in [7, 11) is 0. The van der Waals surface area contributed by atoms with Crippen LogP contribution in [0.4, 0.5) is 8.78 Å². The van der Waals surface area contributed by atoms with E-state index in [1.807, 2.05) is 0 Å². The molecule has 10 atom stereocenters. The minimum Gasteiger partial charge on any atom is -0.481 e. The zero-order chi connectivity index (χ0) is 25.6. The lowest BCUT2D eigenvalue weighted by Crippen LogP contribution is -2.71. The molecular formula is C23H27BrF2O8. The van der Waals surface area contributed by atoms with E-state index in [1.165, 1.54) is 19.9 Å². The van der Waals surface area contributed by atoms with Crippen molar-refractivity contribution in [2.45, 2.75) is 75.3 Å². The number of carbonyl (C=O) groups is 3. The van der Waals surface area contributed by atoms with Crippen LogP contribution in [0.1, 0.15) is 39.5 Å². The van der Waals surface area contributed by atoms with Crippen LogP contribution >= 0.6 is 15.9 Å². The highest BCUT2D eigenvalue weighted by Crippen LogP contribution is 2.70. The Morgan fingerprint density at radius 2 is 1.82 bits per heavy atom. The molecule has 188 valence electrons. The maximum absolute atomic E-state index is 17.1. The number of hydrogen-bond donors (Lipinski definition) is 5. The van der Waals surface area contributed by atoms with E-state index in [9.17, 15) is 34.8 Å². The van der Waals surface area contributed by atoms with Gasteiger partial charge in [-0.15, -0.1) is 0 Å². The number of aliphatic hydroxyl groups is 4. The van der Waals surface area contributed by atoms with Gasteiger partial charge in [0.1, 0.15) is 12.3 Å². The smallest absolute Gasteiger partial charge is 0.306 e. The maximum atomic E-state index is 17.1. The van der Waals surface area contributed by atoms with Crippen LogP contribution in [0.25, 0.3) is 0 Å². The van der Waals surface area contributed by atoms with Crippen LogP contribution in [0.2, 0.25) is 0 Å². The number of halogens is 3. The number of hydrogen-bond acceptors (Lipinski definition) is 7. The van der Waals surface area contributed by atoms with Crippen molar-refractivity contribution in [2.75, 3.05) is 0 Å². The predicted octanol–water partition coefficient (Wildman–Crippen LogP) is 1.13. The number of aliphatic hydroxyl groups excluding tert-OH is 3. The SMILES string of the molecule is C[C@]12C=C(Br)C(=O)C=C1C(F)C[C@H]1[C@@H]3CC(O)[C@](O)(C(=O)C(O)CC(=O)O)[C@@]3(C)CC(O)[C@@]12F. The maximum Gasteiger partial charge on any atom is 0.306 e. The van der Waals surface area contributed by atoms with Gasteiger partial charge in [0, 0.05) is 16.7 Å². The first-order valence-electron chi connectivity index (χ1n) is 11.1. The fourth-order valence-corrected chi connectivity index (χ4v) is 7.80. The van der Waals surface area contributed by atoms with E-state index in [-0.39, 0.29) is 16.5 Å². The van der Waals surface area contributed by atoms with Gasteiger partial charge in [-0.1, -0.05) is 13.0 Å². The third kappa shape index (κ3) is 2.97. The Morgan fingerprint density at radius 1 is 1.21 bits per heavy atom. The summed E-state index contributed by atoms with van der Waals surface area (Å²) in [5.41, 5.74) is -8.70. The van der Waals surface area contributed by atoms with E-state index in [0.717, 1.165) is 6.08 Å². The third-order valence-corrected chi connectivity index (χ3v) is 9.57. The number of allylic oxidation sites excluding steroid dienone is 4. The molecule has 4 unspecified atom stereocenters. The largest absolute Gasteiger partial charge is 0.481 e. The number of aliphatic carboxylic acids is 1. The van der Waals surface area contributed by atoms with Gasteiger partial charge in [0.15, 0.2) is 22.8 Å². The van der Waals surface area contributed by atoms with E-state index >= 15 is 8.78 Å². The first kappa shape index (κ1) is 25.6. The Hall–Kier alpha value is -1.53. The summed E-state index contributed by atoms with van der Waals surface area (Å²) >= 11 is 3.08. The summed E-state index contributed by atoms with van der Waals surface area (Å²) in [6.07, 6.45) is -7.59. The van der Waals surface area contributed by atoms with Crippen molar-refractivity contribution in [1.82, 2.24) is 0 Å². The van der Waals surface area contributed by atoms with Gasteiger partial charge in [-0.05, 0) is 59.7 Å². The molecule has 5 N–H and O–H groups in total. The minimum absolute atomic E-state index is 0.0130. The lowest BCUT2D eigenvalue weighted by Gasteiger charge is -2.63. The standard InChI is InChI=1S/C23H27BrF2O8/c1-20-7-12(24)14(27)4-11(20)13(25)3-10-9-5-16(29)23(34,19(33)15(28)6-18(31)32)21(9,2)8-17(30)22(10,20)26/h4,7,9-10,13,15-17,28-30,34H,3,5-6,8H2,1-2H3,(H,31,32)/t9-,10-,13?,15?,16?,17?,20-,21-,22-,23-/m0/s1. The molecule has 0 bridgehead atoms. The van der Waals surface area contributed by atoms with Gasteiger partial charge in [0.25, 0.3) is 0 Å². The molecule has 0 saturated heterocycles. The molecule has 3 fully saturated rings. The van der Waals surface area contributed by atoms with Gasteiger partial charge in [0.05, 0.1) is 23.1 Å². The minimum atomic E-state index is -2.68. The zero-order valence-corrected chi connectivity index (χ0v) is 20.1. The Morgan fingerprint density at radius 3 is 2.41 bits per heavy atom. The molecule has 0 aromatic rings. The highest BCUT2D eigenvalue weighted by Gasteiger charge is 2.77. The van der Waals surface area contributed by atoms with Crippen molar-refractivity contribution in [2.24, 2.45) is 22.7 Å². The molecule has 34 heavy (non-hydrogen) atoms. The molecule has 4 rings (SSSR count). The van der Waals surface area contributed by atoms with Crippen LogP contribution < -0.4 is 0 Å². The number of alkyl halides is 2. The molecule has 0 radical (unpaired) electrons. The molecule has 0 aliphatic heterocycles. The van der Waals surface area contributed by atoms with E-state index in [0.29, 0.717) is 0 Å². The normalized spacial score (nSPS) is 48.7. The molecule has 0 amide bonds. The summed E-state index contributed by atoms with van der Waals surface area (Å²) in [6.45, 7) is 2.75. The van der Waals surface area contributed by atoms with E-state index < -0.39 is 95.2 Å². The summed E-state index contributed by atoms with van der Waals surface area (Å²) in [6, 6.07) is 0. The van der Waals surface area contributed by atoms with Crippen LogP contribution in [-0.4, -0.2) is 78.8 Å². The summed E-state index contributed by atoms with van der Waals surface area (Å²) in [4.78, 5) is 36.2. The summed E-state index contributed by atoms with van der Waals surface area (Å²) in [5, 5.41) is 52.5. The third-order valence-electron chi connectivity index (χ3n) is 8.95. The molecule has 8 nitrogen and oxygen atoms in total. The number of rotatable bonds is 4. The number of fused-ring (bicyclic) bond motifs is 5. The van der Waals surface area contributed by atoms with Crippen LogP contribution in [0.3, 0.4) is 0 Å². The average Bonchev–Trinajstić information content (AvgIpc) is 2.93. The fraction of sp³-hybridized carbons (Fsp3) is 0.696. The average molecular weight is 549 g/mol. The summed E-state index contributed by atoms with van der Waals surface area (Å²) in [5.74, 6) is -5.64. The molecule has 3 saturated carbocycles. The van der Waals surface area contributed by atoms with Gasteiger partial charge in [0.2, 0.25) is 0 Å². The number of carboxylic acid groups (broad SMARTS) is 1. The Balaban J connectivity index is 1.82. The van der Waals surface area contributed by atoms with E-state index in [4.69, 9.17) is 5.11 Å². The van der Waals surface area contributed by atoms with Crippen molar-refractivity contribution in [3.8, 4) is 0 Å². The van der Waals surface area contributed by atoms with Gasteiger partial charge < -0.3 is 25.5 Å². The van der Waals surface area contributed by atoms with Crippen LogP contribution in [-0.2, 0) is 14.4 Å². The quantitative estimate of drug-likeness (QED) is 0.350. The summed E-state index contributed by atoms with van der Waals surface area (Å²) < 4.78 is 32.6. The van der Waals surface area contributed by atoms with Crippen molar-refractivity contribution in [1.29, 1.82) is 0 Å². The van der Waals surface area contributed by atoms with Gasteiger partial charge in [-0.25, -0.2) is 8.78 Å². The fourth-order valence-electron chi connectivity index (χ4n) is 7.23. The van der Waals surface area contributed by atoms with Crippen molar-refractivity contribution in [3.05, 3.63) is 22.2 Å². The lowest BCUT2D eigenvalue weighted by molar-refractivity contribution is -0.227. The molecule has 0 aromatic heterocycles. The first-order chi connectivity index (χ1) is 15.6.